The van der Waals surface area contributed by atoms with E-state index < -0.39 is 0 Å². The summed E-state index contributed by atoms with van der Waals surface area (Å²) >= 11 is 0. The Labute approximate surface area is 188 Å². The van der Waals surface area contributed by atoms with Gasteiger partial charge in [-0.2, -0.15) is 0 Å². The molecule has 1 N–H and O–H groups in total. The maximum atomic E-state index is 12.9. The van der Waals surface area contributed by atoms with Crippen molar-refractivity contribution in [1.29, 1.82) is 0 Å². The largest absolute Gasteiger partial charge is 0.497 e. The third kappa shape index (κ3) is 4.86. The summed E-state index contributed by atoms with van der Waals surface area (Å²) < 4.78 is 11.1. The number of hydrogen-bond donors (Lipinski definition) is 1. The van der Waals surface area contributed by atoms with E-state index in [4.69, 9.17) is 9.15 Å². The van der Waals surface area contributed by atoms with Crippen molar-refractivity contribution in [3.05, 3.63) is 75.6 Å². The third-order valence-electron chi connectivity index (χ3n) is 6.21. The molecule has 0 spiro atoms. The summed E-state index contributed by atoms with van der Waals surface area (Å²) in [6.07, 6.45) is 4.38. The average Bonchev–Trinajstić information content (AvgIpc) is 2.84. The summed E-state index contributed by atoms with van der Waals surface area (Å²) in [5, 5.41) is 3.50. The van der Waals surface area contributed by atoms with Gasteiger partial charge in [0.05, 0.1) is 18.5 Å². The second-order valence-electron chi connectivity index (χ2n) is 8.25. The quantitative estimate of drug-likeness (QED) is 0.600. The molecule has 0 aliphatic carbocycles. The number of piperidine rings is 1. The Kier molecular flexibility index (Phi) is 6.90. The van der Waals surface area contributed by atoms with E-state index in [0.29, 0.717) is 17.5 Å². The van der Waals surface area contributed by atoms with E-state index in [9.17, 15) is 9.59 Å². The number of amides is 1. The normalized spacial score (nSPS) is 15.4. The maximum absolute atomic E-state index is 12.9. The van der Waals surface area contributed by atoms with E-state index in [1.165, 1.54) is 12.5 Å². The van der Waals surface area contributed by atoms with E-state index in [1.54, 1.807) is 13.2 Å². The molecule has 2 aromatic carbocycles. The summed E-state index contributed by atoms with van der Waals surface area (Å²) in [5.41, 5.74) is 2.42. The Bertz CT molecular complexity index is 1130. The molecule has 1 aromatic heterocycles. The number of ether oxygens (including phenoxy) is 1. The predicted octanol–water partition coefficient (Wildman–Crippen LogP) is 4.32. The van der Waals surface area contributed by atoms with E-state index in [1.807, 2.05) is 43.3 Å². The Hall–Kier alpha value is -3.12. The number of rotatable bonds is 7. The molecule has 0 bridgehead atoms. The van der Waals surface area contributed by atoms with E-state index in [-0.39, 0.29) is 23.1 Å². The molecule has 168 valence electrons. The zero-order valence-electron chi connectivity index (χ0n) is 18.7. The molecule has 0 saturated carbocycles. The Morgan fingerprint density at radius 1 is 1.09 bits per heavy atom. The smallest absolute Gasteiger partial charge is 0.287 e. The number of methoxy groups -OCH3 is 1. The minimum absolute atomic E-state index is 0.0406. The van der Waals surface area contributed by atoms with Crippen molar-refractivity contribution in [2.45, 2.75) is 38.6 Å². The number of carbonyl (C=O) groups is 1. The first-order chi connectivity index (χ1) is 15.6. The van der Waals surface area contributed by atoms with Crippen LogP contribution in [0.2, 0.25) is 0 Å². The highest BCUT2D eigenvalue weighted by Gasteiger charge is 2.24. The van der Waals surface area contributed by atoms with Gasteiger partial charge in [0.25, 0.3) is 5.91 Å². The van der Waals surface area contributed by atoms with Gasteiger partial charge in [0.1, 0.15) is 11.3 Å². The van der Waals surface area contributed by atoms with Gasteiger partial charge in [-0.25, -0.2) is 0 Å². The predicted molar refractivity (Wildman–Crippen MR) is 125 cm³/mol. The van der Waals surface area contributed by atoms with Crippen LogP contribution in [-0.2, 0) is 6.42 Å². The van der Waals surface area contributed by atoms with Crippen LogP contribution in [0.4, 0.5) is 0 Å². The SMILES string of the molecule is CCc1ccc2oc(C(=O)NCC(c3ccc(OC)cc3)N3CCCCC3)cc(=O)c2c1. The first-order valence-corrected chi connectivity index (χ1v) is 11.3. The number of likely N-dealkylation sites (tertiary alicyclic amines) is 1. The van der Waals surface area contributed by atoms with Gasteiger partial charge in [0.15, 0.2) is 11.2 Å². The molecule has 2 heterocycles. The first-order valence-electron chi connectivity index (χ1n) is 11.3. The fourth-order valence-electron chi connectivity index (χ4n) is 4.33. The van der Waals surface area contributed by atoms with Gasteiger partial charge in [-0.1, -0.05) is 31.5 Å². The average molecular weight is 435 g/mol. The molecule has 1 aliphatic rings. The monoisotopic (exact) mass is 434 g/mol. The lowest BCUT2D eigenvalue weighted by Gasteiger charge is -2.35. The molecule has 32 heavy (non-hydrogen) atoms. The van der Waals surface area contributed by atoms with Crippen molar-refractivity contribution in [3.63, 3.8) is 0 Å². The lowest BCUT2D eigenvalue weighted by Crippen LogP contribution is -2.40. The summed E-state index contributed by atoms with van der Waals surface area (Å²) in [4.78, 5) is 27.9. The molecule has 6 heteroatoms. The van der Waals surface area contributed by atoms with Crippen LogP contribution in [0.25, 0.3) is 11.0 Å². The Balaban J connectivity index is 1.54. The Morgan fingerprint density at radius 2 is 1.84 bits per heavy atom. The molecular formula is C26H30N2O4. The van der Waals surface area contributed by atoms with Crippen molar-refractivity contribution < 1.29 is 13.9 Å². The van der Waals surface area contributed by atoms with Gasteiger partial charge in [0.2, 0.25) is 0 Å². The molecule has 6 nitrogen and oxygen atoms in total. The number of hydrogen-bond acceptors (Lipinski definition) is 5. The van der Waals surface area contributed by atoms with Gasteiger partial charge in [-0.05, 0) is 67.7 Å². The van der Waals surface area contributed by atoms with Gasteiger partial charge in [-0.3, -0.25) is 14.5 Å². The lowest BCUT2D eigenvalue weighted by molar-refractivity contribution is 0.0897. The number of fused-ring (bicyclic) bond motifs is 1. The van der Waals surface area contributed by atoms with Gasteiger partial charge < -0.3 is 14.5 Å². The molecule has 1 unspecified atom stereocenters. The fraction of sp³-hybridized carbons (Fsp3) is 0.385. The maximum Gasteiger partial charge on any atom is 0.287 e. The van der Waals surface area contributed by atoms with Gasteiger partial charge >= 0.3 is 0 Å². The molecular weight excluding hydrogens is 404 g/mol. The zero-order chi connectivity index (χ0) is 22.5. The standard InChI is InChI=1S/C26H30N2O4/c1-3-18-7-12-24-21(15-18)23(29)16-25(32-24)26(30)27-17-22(28-13-5-4-6-14-28)19-8-10-20(31-2)11-9-19/h7-12,15-16,22H,3-6,13-14,17H2,1-2H3,(H,27,30). The van der Waals surface area contributed by atoms with Crippen LogP contribution in [0.3, 0.4) is 0 Å². The highest BCUT2D eigenvalue weighted by atomic mass is 16.5. The van der Waals surface area contributed by atoms with Crippen molar-refractivity contribution in [2.75, 3.05) is 26.7 Å². The number of nitrogens with one attached hydrogen (secondary N) is 1. The highest BCUT2D eigenvalue weighted by molar-refractivity contribution is 5.93. The van der Waals surface area contributed by atoms with Crippen LogP contribution in [0.5, 0.6) is 5.75 Å². The summed E-state index contributed by atoms with van der Waals surface area (Å²) in [6, 6.07) is 14.8. The second-order valence-corrected chi connectivity index (χ2v) is 8.25. The van der Waals surface area contributed by atoms with Crippen LogP contribution in [0.1, 0.15) is 53.9 Å². The van der Waals surface area contributed by atoms with Crippen molar-refractivity contribution in [1.82, 2.24) is 10.2 Å². The highest BCUT2D eigenvalue weighted by Crippen LogP contribution is 2.26. The Morgan fingerprint density at radius 3 is 2.53 bits per heavy atom. The molecule has 4 rings (SSSR count). The van der Waals surface area contributed by atoms with Crippen LogP contribution in [-0.4, -0.2) is 37.6 Å². The summed E-state index contributed by atoms with van der Waals surface area (Å²) in [5.74, 6) is 0.470. The van der Waals surface area contributed by atoms with E-state index >= 15 is 0 Å². The number of aryl methyl sites for hydroxylation is 1. The molecule has 1 atom stereocenters. The molecule has 0 radical (unpaired) electrons. The van der Waals surface area contributed by atoms with Crippen molar-refractivity contribution in [2.24, 2.45) is 0 Å². The van der Waals surface area contributed by atoms with E-state index in [0.717, 1.165) is 49.2 Å². The minimum atomic E-state index is -0.376. The van der Waals surface area contributed by atoms with Crippen LogP contribution in [0.15, 0.2) is 57.7 Å². The fourth-order valence-corrected chi connectivity index (χ4v) is 4.33. The van der Waals surface area contributed by atoms with Crippen LogP contribution < -0.4 is 15.5 Å². The minimum Gasteiger partial charge on any atom is -0.497 e. The van der Waals surface area contributed by atoms with Crippen molar-refractivity contribution in [3.8, 4) is 5.75 Å². The van der Waals surface area contributed by atoms with Crippen LogP contribution >= 0.6 is 0 Å². The molecule has 1 amide bonds. The first kappa shape index (κ1) is 22.1. The van der Waals surface area contributed by atoms with Crippen molar-refractivity contribution >= 4 is 16.9 Å². The lowest BCUT2D eigenvalue weighted by atomic mass is 10.0. The van der Waals surface area contributed by atoms with Crippen LogP contribution in [0, 0.1) is 0 Å². The molecule has 1 saturated heterocycles. The molecule has 1 aliphatic heterocycles. The zero-order valence-corrected chi connectivity index (χ0v) is 18.7. The molecule has 1 fully saturated rings. The van der Waals surface area contributed by atoms with Gasteiger partial charge in [0, 0.05) is 12.6 Å². The third-order valence-corrected chi connectivity index (χ3v) is 6.21. The molecule has 3 aromatic rings. The van der Waals surface area contributed by atoms with E-state index in [2.05, 4.69) is 10.2 Å². The number of benzene rings is 2. The summed E-state index contributed by atoms with van der Waals surface area (Å²) in [7, 11) is 1.65. The second kappa shape index (κ2) is 10.0. The van der Waals surface area contributed by atoms with Gasteiger partial charge in [-0.15, -0.1) is 0 Å². The summed E-state index contributed by atoms with van der Waals surface area (Å²) in [6.45, 7) is 4.46. The topological polar surface area (TPSA) is 71.8 Å². The number of nitrogens with zero attached hydrogens (tertiary/aromatic N) is 1. The number of carbonyl (C=O) groups excluding carboxylic acids is 1.